The van der Waals surface area contributed by atoms with Gasteiger partial charge in [0.2, 0.25) is 15.9 Å². The van der Waals surface area contributed by atoms with Crippen molar-refractivity contribution in [2.45, 2.75) is 36.7 Å². The fourth-order valence-electron chi connectivity index (χ4n) is 3.34. The van der Waals surface area contributed by atoms with Crippen LogP contribution in [0.2, 0.25) is 0 Å². The lowest BCUT2D eigenvalue weighted by molar-refractivity contribution is -0.116. The first-order chi connectivity index (χ1) is 14.6. The quantitative estimate of drug-likeness (QED) is 0.594. The van der Waals surface area contributed by atoms with Gasteiger partial charge in [0.15, 0.2) is 0 Å². The molecule has 1 fully saturated rings. The fourth-order valence-corrected chi connectivity index (χ4v) is 4.83. The summed E-state index contributed by atoms with van der Waals surface area (Å²) in [6.45, 7) is 1.32. The van der Waals surface area contributed by atoms with Gasteiger partial charge in [-0.1, -0.05) is 18.2 Å². The summed E-state index contributed by atoms with van der Waals surface area (Å²) in [6, 6.07) is 12.7. The van der Waals surface area contributed by atoms with E-state index in [2.05, 4.69) is 10.0 Å². The van der Waals surface area contributed by atoms with Crippen LogP contribution in [0.1, 0.15) is 19.8 Å². The van der Waals surface area contributed by atoms with Gasteiger partial charge in [-0.25, -0.2) is 17.9 Å². The number of hydrogen-bond donors (Lipinski definition) is 2. The molecule has 0 atom stereocenters. The molecule has 1 aromatic heterocycles. The summed E-state index contributed by atoms with van der Waals surface area (Å²) in [7, 11) is -2.36. The smallest absolute Gasteiger partial charge is 0.325 e. The number of para-hydroxylation sites is 1. The minimum absolute atomic E-state index is 0.0402. The molecule has 2 aromatic carbocycles. The van der Waals surface area contributed by atoms with Crippen molar-refractivity contribution in [2.24, 2.45) is 7.05 Å². The minimum Gasteiger partial charge on any atom is -0.325 e. The number of aryl methyl sites for hydroxylation is 1. The second-order valence-corrected chi connectivity index (χ2v) is 9.67. The van der Waals surface area contributed by atoms with Crippen molar-refractivity contribution >= 4 is 32.5 Å². The second-order valence-electron chi connectivity index (χ2n) is 7.99. The summed E-state index contributed by atoms with van der Waals surface area (Å²) in [6.07, 6.45) is 1.50. The molecule has 1 aliphatic carbocycles. The highest BCUT2D eigenvalue weighted by Crippen LogP contribution is 2.36. The molecule has 10 heteroatoms. The lowest BCUT2D eigenvalue weighted by atomic mass is 10.2. The Kier molecular flexibility index (Phi) is 5.06. The van der Waals surface area contributed by atoms with E-state index in [1.54, 1.807) is 30.3 Å². The summed E-state index contributed by atoms with van der Waals surface area (Å²) in [5, 5.41) is 2.67. The molecule has 0 bridgehead atoms. The fraction of sp³-hybridized carbons (Fsp3) is 0.286. The number of carbonyl (C=O) groups excluding carboxylic acids is 1. The van der Waals surface area contributed by atoms with Gasteiger partial charge in [0.25, 0.3) is 5.56 Å². The number of fused-ring (bicyclic) bond motifs is 1. The van der Waals surface area contributed by atoms with Crippen LogP contribution in [-0.4, -0.2) is 29.0 Å². The van der Waals surface area contributed by atoms with Gasteiger partial charge in [-0.3, -0.25) is 18.7 Å². The van der Waals surface area contributed by atoms with Crippen LogP contribution in [0.15, 0.2) is 63.0 Å². The highest BCUT2D eigenvalue weighted by atomic mass is 32.2. The SMILES string of the molecule is Cn1c(=O)n(CC(=O)Nc2ccccc2)c(=O)c2cc(S(=O)(=O)NC3(C)CC3)ccc21. The molecule has 9 nitrogen and oxygen atoms in total. The van der Waals surface area contributed by atoms with Crippen LogP contribution in [0.3, 0.4) is 0 Å². The maximum atomic E-state index is 13.0. The molecule has 0 unspecified atom stereocenters. The molecule has 3 aromatic rings. The van der Waals surface area contributed by atoms with Crippen molar-refractivity contribution in [3.8, 4) is 0 Å². The molecule has 1 heterocycles. The molecule has 4 rings (SSSR count). The molecule has 0 saturated heterocycles. The van der Waals surface area contributed by atoms with Crippen LogP contribution < -0.4 is 21.3 Å². The molecule has 2 N–H and O–H groups in total. The van der Waals surface area contributed by atoms with Gasteiger partial charge in [0.1, 0.15) is 6.54 Å². The summed E-state index contributed by atoms with van der Waals surface area (Å²) in [5.74, 6) is -0.545. The number of carbonyl (C=O) groups is 1. The second kappa shape index (κ2) is 7.47. The minimum atomic E-state index is -3.83. The van der Waals surface area contributed by atoms with Crippen LogP contribution in [0, 0.1) is 0 Å². The van der Waals surface area contributed by atoms with Crippen LogP contribution in [0.4, 0.5) is 5.69 Å². The summed E-state index contributed by atoms with van der Waals surface area (Å²) < 4.78 is 30.1. The third kappa shape index (κ3) is 4.17. The first-order valence-corrected chi connectivity index (χ1v) is 11.2. The van der Waals surface area contributed by atoms with Gasteiger partial charge in [-0.15, -0.1) is 0 Å². The van der Waals surface area contributed by atoms with Crippen molar-refractivity contribution in [3.63, 3.8) is 0 Å². The molecule has 0 aliphatic heterocycles. The van der Waals surface area contributed by atoms with Crippen molar-refractivity contribution in [2.75, 3.05) is 5.32 Å². The van der Waals surface area contributed by atoms with Gasteiger partial charge in [-0.05, 0) is 50.1 Å². The summed E-state index contributed by atoms with van der Waals surface area (Å²) >= 11 is 0. The van der Waals surface area contributed by atoms with E-state index in [0.717, 1.165) is 17.4 Å². The number of benzene rings is 2. The molecular formula is C21H22N4O5S. The van der Waals surface area contributed by atoms with E-state index in [9.17, 15) is 22.8 Å². The lowest BCUT2D eigenvalue weighted by Gasteiger charge is -2.14. The van der Waals surface area contributed by atoms with Gasteiger partial charge < -0.3 is 5.32 Å². The Morgan fingerprint density at radius 2 is 1.77 bits per heavy atom. The largest absolute Gasteiger partial charge is 0.331 e. The normalized spacial score (nSPS) is 15.0. The topological polar surface area (TPSA) is 119 Å². The molecule has 31 heavy (non-hydrogen) atoms. The average molecular weight is 442 g/mol. The Morgan fingerprint density at radius 3 is 2.42 bits per heavy atom. The molecule has 1 amide bonds. The molecule has 0 radical (unpaired) electrons. The third-order valence-corrected chi connectivity index (χ3v) is 7.01. The number of nitrogens with one attached hydrogen (secondary N) is 2. The Hall–Kier alpha value is -3.24. The summed E-state index contributed by atoms with van der Waals surface area (Å²) in [4.78, 5) is 38.0. The Balaban J connectivity index is 1.73. The number of amides is 1. The number of nitrogens with zero attached hydrogens (tertiary/aromatic N) is 2. The molecule has 1 saturated carbocycles. The lowest BCUT2D eigenvalue weighted by Crippen LogP contribution is -2.42. The van der Waals surface area contributed by atoms with Crippen molar-refractivity contribution in [1.82, 2.24) is 13.9 Å². The van der Waals surface area contributed by atoms with E-state index in [0.29, 0.717) is 5.69 Å². The number of anilines is 1. The first-order valence-electron chi connectivity index (χ1n) is 9.72. The van der Waals surface area contributed by atoms with Crippen LogP contribution in [0.5, 0.6) is 0 Å². The van der Waals surface area contributed by atoms with E-state index >= 15 is 0 Å². The first kappa shape index (κ1) is 21.0. The van der Waals surface area contributed by atoms with Crippen LogP contribution in [0.25, 0.3) is 10.9 Å². The van der Waals surface area contributed by atoms with E-state index in [1.807, 2.05) is 6.92 Å². The van der Waals surface area contributed by atoms with E-state index in [4.69, 9.17) is 0 Å². The maximum absolute atomic E-state index is 13.0. The van der Waals surface area contributed by atoms with E-state index in [-0.39, 0.29) is 15.8 Å². The highest BCUT2D eigenvalue weighted by Gasteiger charge is 2.41. The predicted octanol–water partition coefficient (Wildman–Crippen LogP) is 1.17. The number of aromatic nitrogens is 2. The third-order valence-electron chi connectivity index (χ3n) is 5.37. The van der Waals surface area contributed by atoms with Gasteiger partial charge >= 0.3 is 5.69 Å². The highest BCUT2D eigenvalue weighted by molar-refractivity contribution is 7.89. The summed E-state index contributed by atoms with van der Waals surface area (Å²) in [5.41, 5.74) is -1.04. The standard InChI is InChI=1S/C21H22N4O5S/c1-21(10-11-21)23-31(29,30)15-8-9-17-16(12-15)19(27)25(20(28)24(17)2)13-18(26)22-14-6-4-3-5-7-14/h3-9,12,23H,10-11,13H2,1-2H3,(H,22,26). The zero-order valence-electron chi connectivity index (χ0n) is 17.1. The Morgan fingerprint density at radius 1 is 1.10 bits per heavy atom. The Bertz CT molecular complexity index is 1400. The van der Waals surface area contributed by atoms with E-state index < -0.39 is 39.3 Å². The Labute approximate surface area is 178 Å². The molecule has 1 aliphatic rings. The van der Waals surface area contributed by atoms with Gasteiger partial charge in [-0.2, -0.15) is 0 Å². The van der Waals surface area contributed by atoms with Crippen molar-refractivity contribution in [3.05, 3.63) is 69.4 Å². The van der Waals surface area contributed by atoms with Gasteiger partial charge in [0.05, 0.1) is 15.8 Å². The number of hydrogen-bond acceptors (Lipinski definition) is 5. The van der Waals surface area contributed by atoms with Crippen molar-refractivity contribution in [1.29, 1.82) is 0 Å². The zero-order chi connectivity index (χ0) is 22.4. The van der Waals surface area contributed by atoms with E-state index in [1.165, 1.54) is 29.8 Å². The number of sulfonamides is 1. The monoisotopic (exact) mass is 442 g/mol. The molecule has 0 spiro atoms. The zero-order valence-corrected chi connectivity index (χ0v) is 17.9. The number of rotatable bonds is 6. The average Bonchev–Trinajstić information content (AvgIpc) is 3.45. The molecular weight excluding hydrogens is 420 g/mol. The molecule has 162 valence electrons. The van der Waals surface area contributed by atoms with Crippen LogP contribution in [-0.2, 0) is 28.4 Å². The van der Waals surface area contributed by atoms with Gasteiger partial charge in [0, 0.05) is 18.3 Å². The van der Waals surface area contributed by atoms with Crippen LogP contribution >= 0.6 is 0 Å². The van der Waals surface area contributed by atoms with Crippen molar-refractivity contribution < 1.29 is 13.2 Å². The predicted molar refractivity (Wildman–Crippen MR) is 116 cm³/mol. The maximum Gasteiger partial charge on any atom is 0.331 e.